The third kappa shape index (κ3) is 7.35. The van der Waals surface area contributed by atoms with Gasteiger partial charge in [0.2, 0.25) is 0 Å². The van der Waals surface area contributed by atoms with Crippen LogP contribution in [0.3, 0.4) is 0 Å². The summed E-state index contributed by atoms with van der Waals surface area (Å²) in [7, 11) is 0. The minimum absolute atomic E-state index is 0.108. The van der Waals surface area contributed by atoms with Crippen LogP contribution in [0.25, 0.3) is 6.08 Å². The molecule has 0 aliphatic heterocycles. The molecule has 2 amide bonds. The van der Waals surface area contributed by atoms with E-state index in [4.69, 9.17) is 21.1 Å². The van der Waals surface area contributed by atoms with Gasteiger partial charge in [-0.25, -0.2) is 0 Å². The number of benzene rings is 3. The van der Waals surface area contributed by atoms with Crippen molar-refractivity contribution in [3.8, 4) is 17.6 Å². The molecule has 3 aromatic carbocycles. The second kappa shape index (κ2) is 12.6. The van der Waals surface area contributed by atoms with E-state index in [9.17, 15) is 14.9 Å². The van der Waals surface area contributed by atoms with Crippen molar-refractivity contribution < 1.29 is 19.1 Å². The number of anilines is 2. The summed E-state index contributed by atoms with van der Waals surface area (Å²) in [6.45, 7) is 7.65. The summed E-state index contributed by atoms with van der Waals surface area (Å²) in [4.78, 5) is 25.1. The van der Waals surface area contributed by atoms with Crippen LogP contribution >= 0.6 is 11.6 Å². The fourth-order valence-corrected chi connectivity index (χ4v) is 3.72. The molecule has 0 spiro atoms. The van der Waals surface area contributed by atoms with Crippen LogP contribution < -0.4 is 20.1 Å². The molecular formula is C29H28ClN3O4. The number of nitrogens with zero attached hydrogens (tertiary/aromatic N) is 1. The van der Waals surface area contributed by atoms with Crippen LogP contribution in [0.2, 0.25) is 5.02 Å². The Morgan fingerprint density at radius 2 is 1.73 bits per heavy atom. The molecule has 3 rings (SSSR count). The summed E-state index contributed by atoms with van der Waals surface area (Å²) in [5, 5.41) is 15.3. The summed E-state index contributed by atoms with van der Waals surface area (Å²) in [5.74, 6) is -0.421. The van der Waals surface area contributed by atoms with Crippen LogP contribution in [-0.2, 0) is 9.59 Å². The molecule has 0 fully saturated rings. The molecule has 0 aliphatic carbocycles. The molecule has 0 aromatic heterocycles. The lowest BCUT2D eigenvalue weighted by Crippen LogP contribution is -2.20. The Morgan fingerprint density at radius 3 is 2.41 bits per heavy atom. The summed E-state index contributed by atoms with van der Waals surface area (Å²) in [6.07, 6.45) is 1.41. The highest BCUT2D eigenvalue weighted by Crippen LogP contribution is 2.37. The molecule has 2 N–H and O–H groups in total. The predicted octanol–water partition coefficient (Wildman–Crippen LogP) is 6.23. The number of carbonyl (C=O) groups excluding carboxylic acids is 2. The van der Waals surface area contributed by atoms with E-state index in [1.807, 2.05) is 57.2 Å². The van der Waals surface area contributed by atoms with Gasteiger partial charge in [-0.2, -0.15) is 5.26 Å². The topological polar surface area (TPSA) is 100 Å². The molecule has 0 heterocycles. The zero-order chi connectivity index (χ0) is 26.9. The van der Waals surface area contributed by atoms with Gasteiger partial charge in [0.25, 0.3) is 11.8 Å². The molecule has 0 unspecified atom stereocenters. The first kappa shape index (κ1) is 27.3. The van der Waals surface area contributed by atoms with Crippen LogP contribution in [0.4, 0.5) is 11.4 Å². The van der Waals surface area contributed by atoms with Crippen molar-refractivity contribution in [1.82, 2.24) is 0 Å². The van der Waals surface area contributed by atoms with Crippen LogP contribution in [0, 0.1) is 32.1 Å². The molecule has 0 atom stereocenters. The predicted molar refractivity (Wildman–Crippen MR) is 146 cm³/mol. The van der Waals surface area contributed by atoms with Gasteiger partial charge in [0, 0.05) is 11.4 Å². The van der Waals surface area contributed by atoms with Gasteiger partial charge in [-0.1, -0.05) is 35.9 Å². The van der Waals surface area contributed by atoms with Gasteiger partial charge in [0.05, 0.1) is 11.6 Å². The minimum atomic E-state index is -0.547. The summed E-state index contributed by atoms with van der Waals surface area (Å²) >= 11 is 6.46. The van der Waals surface area contributed by atoms with Crippen molar-refractivity contribution in [2.75, 3.05) is 23.8 Å². The lowest BCUT2D eigenvalue weighted by atomic mass is 10.1. The number of nitrogens with one attached hydrogen (secondary N) is 2. The van der Waals surface area contributed by atoms with Crippen molar-refractivity contribution in [2.45, 2.75) is 27.7 Å². The Morgan fingerprint density at radius 1 is 0.973 bits per heavy atom. The average Bonchev–Trinajstić information content (AvgIpc) is 2.85. The Kier molecular flexibility index (Phi) is 9.31. The highest BCUT2D eigenvalue weighted by molar-refractivity contribution is 6.32. The van der Waals surface area contributed by atoms with E-state index in [1.54, 1.807) is 31.2 Å². The normalized spacial score (nSPS) is 10.9. The number of aryl methyl sites for hydroxylation is 3. The maximum absolute atomic E-state index is 12.7. The van der Waals surface area contributed by atoms with E-state index in [2.05, 4.69) is 10.6 Å². The van der Waals surface area contributed by atoms with E-state index < -0.39 is 5.91 Å². The maximum atomic E-state index is 12.7. The lowest BCUT2D eigenvalue weighted by molar-refractivity contribution is -0.118. The quantitative estimate of drug-likeness (QED) is 0.259. The highest BCUT2D eigenvalue weighted by Gasteiger charge is 2.16. The third-order valence-electron chi connectivity index (χ3n) is 5.54. The first-order valence-electron chi connectivity index (χ1n) is 11.7. The van der Waals surface area contributed by atoms with Crippen molar-refractivity contribution in [1.29, 1.82) is 5.26 Å². The van der Waals surface area contributed by atoms with Gasteiger partial charge in [0.1, 0.15) is 11.6 Å². The van der Waals surface area contributed by atoms with Gasteiger partial charge >= 0.3 is 0 Å². The standard InChI is InChI=1S/C29H28ClN3O4/c1-5-36-26-15-21(13-22(16-31)29(35)33-25-9-7-6-8-19(25)3)14-24(30)28(26)37-17-27(34)32-23-11-10-18(2)20(4)12-23/h6-15H,5,17H2,1-4H3,(H,32,34)(H,33,35)/b22-13-. The molecule has 3 aromatic rings. The number of para-hydroxylation sites is 1. The molecule has 0 saturated carbocycles. The molecule has 0 aliphatic rings. The average molecular weight is 518 g/mol. The largest absolute Gasteiger partial charge is 0.490 e. The smallest absolute Gasteiger partial charge is 0.266 e. The van der Waals surface area contributed by atoms with E-state index in [-0.39, 0.29) is 34.6 Å². The first-order chi connectivity index (χ1) is 17.7. The van der Waals surface area contributed by atoms with Gasteiger partial charge in [-0.15, -0.1) is 0 Å². The van der Waals surface area contributed by atoms with Crippen molar-refractivity contribution in [2.24, 2.45) is 0 Å². The van der Waals surface area contributed by atoms with E-state index >= 15 is 0 Å². The molecule has 7 nitrogen and oxygen atoms in total. The molecule has 0 radical (unpaired) electrons. The maximum Gasteiger partial charge on any atom is 0.266 e. The Bertz CT molecular complexity index is 1390. The monoisotopic (exact) mass is 517 g/mol. The molecule has 0 saturated heterocycles. The summed E-state index contributed by atoms with van der Waals surface area (Å²) < 4.78 is 11.4. The van der Waals surface area contributed by atoms with Gasteiger partial charge < -0.3 is 20.1 Å². The van der Waals surface area contributed by atoms with Gasteiger partial charge in [-0.3, -0.25) is 9.59 Å². The molecule has 190 valence electrons. The minimum Gasteiger partial charge on any atom is -0.490 e. The zero-order valence-corrected chi connectivity index (χ0v) is 21.9. The molecular weight excluding hydrogens is 490 g/mol. The Balaban J connectivity index is 1.77. The Hall–Kier alpha value is -4.28. The Labute approximate surface area is 221 Å². The summed E-state index contributed by atoms with van der Waals surface area (Å²) in [5.41, 5.74) is 4.71. The number of hydrogen-bond acceptors (Lipinski definition) is 5. The number of halogens is 1. The molecule has 8 heteroatoms. The number of hydrogen-bond donors (Lipinski definition) is 2. The van der Waals surface area contributed by atoms with Crippen molar-refractivity contribution in [3.63, 3.8) is 0 Å². The lowest BCUT2D eigenvalue weighted by Gasteiger charge is -2.15. The number of ether oxygens (including phenoxy) is 2. The van der Waals surface area contributed by atoms with E-state index in [1.165, 1.54) is 6.08 Å². The van der Waals surface area contributed by atoms with E-state index in [0.717, 1.165) is 16.7 Å². The fraction of sp³-hybridized carbons (Fsp3) is 0.207. The number of amides is 2. The second-order valence-corrected chi connectivity index (χ2v) is 8.74. The highest BCUT2D eigenvalue weighted by atomic mass is 35.5. The second-order valence-electron chi connectivity index (χ2n) is 8.34. The SMILES string of the molecule is CCOc1cc(/C=C(/C#N)C(=O)Nc2ccccc2C)cc(Cl)c1OCC(=O)Nc1ccc(C)c(C)c1. The van der Waals surface area contributed by atoms with Crippen molar-refractivity contribution >= 4 is 40.9 Å². The van der Waals surface area contributed by atoms with Crippen LogP contribution in [0.15, 0.2) is 60.2 Å². The number of rotatable bonds is 9. The zero-order valence-electron chi connectivity index (χ0n) is 21.1. The van der Waals surface area contributed by atoms with Crippen LogP contribution in [0.1, 0.15) is 29.2 Å². The van der Waals surface area contributed by atoms with Gasteiger partial charge in [-0.05, 0) is 86.4 Å². The van der Waals surface area contributed by atoms with Crippen molar-refractivity contribution in [3.05, 3.63) is 87.4 Å². The molecule has 37 heavy (non-hydrogen) atoms. The van der Waals surface area contributed by atoms with Crippen LogP contribution in [-0.4, -0.2) is 25.0 Å². The molecule has 0 bridgehead atoms. The number of nitriles is 1. The third-order valence-corrected chi connectivity index (χ3v) is 5.82. The number of carbonyl (C=O) groups is 2. The summed E-state index contributed by atoms with van der Waals surface area (Å²) in [6, 6.07) is 18.0. The first-order valence-corrected chi connectivity index (χ1v) is 12.0. The fourth-order valence-electron chi connectivity index (χ4n) is 3.45. The van der Waals surface area contributed by atoms with Crippen LogP contribution in [0.5, 0.6) is 11.5 Å². The van der Waals surface area contributed by atoms with Gasteiger partial charge in [0.15, 0.2) is 18.1 Å². The van der Waals surface area contributed by atoms with E-state index in [0.29, 0.717) is 23.5 Å².